The van der Waals surface area contributed by atoms with Gasteiger partial charge in [0.25, 0.3) is 5.91 Å². The van der Waals surface area contributed by atoms with Gasteiger partial charge in [0.2, 0.25) is 0 Å². The molecular weight excluding hydrogens is 356 g/mol. The van der Waals surface area contributed by atoms with Crippen LogP contribution in [0.1, 0.15) is 45.4 Å². The van der Waals surface area contributed by atoms with Crippen LogP contribution in [0.2, 0.25) is 0 Å². The van der Waals surface area contributed by atoms with Crippen molar-refractivity contribution in [2.75, 3.05) is 5.88 Å². The molecule has 0 saturated heterocycles. The topological polar surface area (TPSA) is 75.4 Å². The summed E-state index contributed by atoms with van der Waals surface area (Å²) in [5.41, 5.74) is 8.35. The van der Waals surface area contributed by atoms with Crippen LogP contribution in [0, 0.1) is 5.92 Å². The minimum absolute atomic E-state index is 0.0961. The van der Waals surface area contributed by atoms with Gasteiger partial charge in [-0.05, 0) is 37.0 Å². The Balaban J connectivity index is 2.90. The number of aliphatic hydroxyl groups is 1. The Morgan fingerprint density at radius 3 is 2.48 bits per heavy atom. The summed E-state index contributed by atoms with van der Waals surface area (Å²) in [6.07, 6.45) is 13.4. The van der Waals surface area contributed by atoms with E-state index in [1.165, 1.54) is 44.3 Å². The van der Waals surface area contributed by atoms with Crippen molar-refractivity contribution in [3.8, 4) is 0 Å². The largest absolute Gasteiger partial charge is 0.508 e. The van der Waals surface area contributed by atoms with Crippen LogP contribution in [-0.2, 0) is 4.79 Å². The normalized spacial score (nSPS) is 17.1. The molecule has 0 radical (unpaired) electrons. The second kappa shape index (κ2) is 12.3. The van der Waals surface area contributed by atoms with E-state index in [1.807, 2.05) is 6.92 Å². The molecule has 0 aromatic carbocycles. The van der Waals surface area contributed by atoms with E-state index in [2.05, 4.69) is 25.1 Å². The molecule has 1 rings (SSSR count). The fraction of sp³-hybridized carbons (Fsp3) is 0.409. The van der Waals surface area contributed by atoms with Crippen LogP contribution >= 0.6 is 11.8 Å². The molecule has 5 heteroatoms. The molecule has 0 spiro atoms. The summed E-state index contributed by atoms with van der Waals surface area (Å²) in [6, 6.07) is 0. The SMILES string of the molecule is C=CC(=C)C(=O)NCS/C(CC1CCCCC1)=C(N)/C(C)=C/C=C(/O)C=C. The minimum atomic E-state index is -0.223. The summed E-state index contributed by atoms with van der Waals surface area (Å²) in [7, 11) is 0. The zero-order valence-electron chi connectivity index (χ0n) is 16.3. The fourth-order valence-corrected chi connectivity index (χ4v) is 3.93. The number of carbonyl (C=O) groups is 1. The van der Waals surface area contributed by atoms with E-state index in [0.29, 0.717) is 23.1 Å². The molecule has 0 unspecified atom stereocenters. The van der Waals surface area contributed by atoms with E-state index in [0.717, 1.165) is 16.9 Å². The highest BCUT2D eigenvalue weighted by molar-refractivity contribution is 8.03. The smallest absolute Gasteiger partial charge is 0.251 e. The Hall–Kier alpha value is -2.14. The molecule has 0 aromatic heterocycles. The van der Waals surface area contributed by atoms with Gasteiger partial charge in [0, 0.05) is 16.2 Å². The van der Waals surface area contributed by atoms with Gasteiger partial charge in [-0.25, -0.2) is 0 Å². The average Bonchev–Trinajstić information content (AvgIpc) is 2.70. The van der Waals surface area contributed by atoms with Crippen molar-refractivity contribution in [2.24, 2.45) is 11.7 Å². The average molecular weight is 389 g/mol. The lowest BCUT2D eigenvalue weighted by Crippen LogP contribution is -2.24. The quantitative estimate of drug-likeness (QED) is 0.207. The molecule has 0 heterocycles. The first-order chi connectivity index (χ1) is 12.9. The summed E-state index contributed by atoms with van der Waals surface area (Å²) in [5.74, 6) is 0.928. The summed E-state index contributed by atoms with van der Waals surface area (Å²) < 4.78 is 0. The molecule has 1 aliphatic rings. The Labute approximate surface area is 167 Å². The first-order valence-corrected chi connectivity index (χ1v) is 10.3. The molecular formula is C22H32N2O2S. The van der Waals surface area contributed by atoms with Crippen molar-refractivity contribution in [3.63, 3.8) is 0 Å². The first-order valence-electron chi connectivity index (χ1n) is 9.30. The zero-order valence-corrected chi connectivity index (χ0v) is 17.1. The van der Waals surface area contributed by atoms with Crippen molar-refractivity contribution in [2.45, 2.75) is 45.4 Å². The van der Waals surface area contributed by atoms with Crippen LogP contribution < -0.4 is 11.1 Å². The van der Waals surface area contributed by atoms with E-state index in [9.17, 15) is 9.90 Å². The Morgan fingerprint density at radius 1 is 1.22 bits per heavy atom. The highest BCUT2D eigenvalue weighted by Crippen LogP contribution is 2.34. The van der Waals surface area contributed by atoms with Crippen molar-refractivity contribution < 1.29 is 9.90 Å². The molecule has 0 atom stereocenters. The predicted molar refractivity (Wildman–Crippen MR) is 117 cm³/mol. The van der Waals surface area contributed by atoms with Crippen molar-refractivity contribution in [3.05, 3.63) is 71.5 Å². The molecule has 1 saturated carbocycles. The maximum absolute atomic E-state index is 11.9. The molecule has 1 amide bonds. The van der Waals surface area contributed by atoms with Crippen molar-refractivity contribution in [1.82, 2.24) is 5.32 Å². The number of thioether (sulfide) groups is 1. The second-order valence-corrected chi connectivity index (χ2v) is 7.78. The van der Waals surface area contributed by atoms with Crippen molar-refractivity contribution >= 4 is 17.7 Å². The highest BCUT2D eigenvalue weighted by Gasteiger charge is 2.18. The number of rotatable bonds is 10. The van der Waals surface area contributed by atoms with E-state index in [4.69, 9.17) is 5.73 Å². The number of nitrogens with two attached hydrogens (primary N) is 1. The van der Waals surface area contributed by atoms with Crippen molar-refractivity contribution in [1.29, 1.82) is 0 Å². The molecule has 148 valence electrons. The number of hydrogen-bond donors (Lipinski definition) is 3. The van der Waals surface area contributed by atoms with Crippen LogP contribution in [0.15, 0.2) is 71.5 Å². The van der Waals surface area contributed by atoms with Gasteiger partial charge in [-0.15, -0.1) is 11.8 Å². The van der Waals surface area contributed by atoms with E-state index < -0.39 is 0 Å². The summed E-state index contributed by atoms with van der Waals surface area (Å²) in [5, 5.41) is 12.4. The van der Waals surface area contributed by atoms with Gasteiger partial charge in [0.1, 0.15) is 5.76 Å². The van der Waals surface area contributed by atoms with Gasteiger partial charge < -0.3 is 16.2 Å². The molecule has 1 fully saturated rings. The minimum Gasteiger partial charge on any atom is -0.508 e. The lowest BCUT2D eigenvalue weighted by atomic mass is 9.86. The third kappa shape index (κ3) is 8.39. The fourth-order valence-electron chi connectivity index (χ4n) is 2.88. The lowest BCUT2D eigenvalue weighted by Gasteiger charge is -2.24. The summed E-state index contributed by atoms with van der Waals surface area (Å²) in [6.45, 7) is 12.7. The number of hydrogen-bond acceptors (Lipinski definition) is 4. The Morgan fingerprint density at radius 2 is 1.89 bits per heavy atom. The van der Waals surface area contributed by atoms with E-state index >= 15 is 0 Å². The second-order valence-electron chi connectivity index (χ2n) is 6.71. The summed E-state index contributed by atoms with van der Waals surface area (Å²) >= 11 is 1.55. The van der Waals surface area contributed by atoms with E-state index in [1.54, 1.807) is 23.9 Å². The number of amides is 1. The Kier molecular flexibility index (Phi) is 10.4. The van der Waals surface area contributed by atoms with Crippen LogP contribution in [0.5, 0.6) is 0 Å². The van der Waals surface area contributed by atoms with E-state index in [-0.39, 0.29) is 11.7 Å². The van der Waals surface area contributed by atoms with Crippen LogP contribution in [0.3, 0.4) is 0 Å². The van der Waals surface area contributed by atoms with Crippen LogP contribution in [0.25, 0.3) is 0 Å². The van der Waals surface area contributed by atoms with Gasteiger partial charge in [-0.3, -0.25) is 4.79 Å². The monoisotopic (exact) mass is 388 g/mol. The molecule has 1 aliphatic carbocycles. The number of aliphatic hydroxyl groups excluding tert-OH is 1. The van der Waals surface area contributed by atoms with Gasteiger partial charge in [-0.2, -0.15) is 0 Å². The van der Waals surface area contributed by atoms with Gasteiger partial charge in [0.05, 0.1) is 5.88 Å². The first kappa shape index (κ1) is 22.9. The highest BCUT2D eigenvalue weighted by atomic mass is 32.2. The Bertz CT molecular complexity index is 653. The zero-order chi connectivity index (χ0) is 20.2. The number of carbonyl (C=O) groups excluding carboxylic acids is 1. The summed E-state index contributed by atoms with van der Waals surface area (Å²) in [4.78, 5) is 12.9. The molecule has 0 aliphatic heterocycles. The lowest BCUT2D eigenvalue weighted by molar-refractivity contribution is -0.116. The van der Waals surface area contributed by atoms with Gasteiger partial charge in [-0.1, -0.05) is 64.0 Å². The molecule has 0 bridgehead atoms. The standard InChI is InChI=1S/C22H32N2O2S/c1-5-16(3)22(26)24-15-27-20(14-18-10-8-7-9-11-18)21(23)17(4)12-13-19(25)6-2/h5-6,12-13,18,25H,1-3,7-11,14-15,23H2,4H3,(H,24,26)/b17-12+,19-13+,21-20-. The maximum Gasteiger partial charge on any atom is 0.251 e. The molecule has 4 nitrogen and oxygen atoms in total. The van der Waals surface area contributed by atoms with Crippen LogP contribution in [-0.4, -0.2) is 16.9 Å². The maximum atomic E-state index is 11.9. The molecule has 4 N–H and O–H groups in total. The molecule has 0 aromatic rings. The predicted octanol–water partition coefficient (Wildman–Crippen LogP) is 5.25. The van der Waals surface area contributed by atoms with Crippen LogP contribution in [0.4, 0.5) is 0 Å². The van der Waals surface area contributed by atoms with Gasteiger partial charge >= 0.3 is 0 Å². The third-order valence-electron chi connectivity index (χ3n) is 4.65. The number of allylic oxidation sites excluding steroid dienone is 5. The van der Waals surface area contributed by atoms with Gasteiger partial charge in [0.15, 0.2) is 0 Å². The number of nitrogens with one attached hydrogen (secondary N) is 1. The molecule has 27 heavy (non-hydrogen) atoms. The third-order valence-corrected chi connectivity index (χ3v) is 5.68.